The van der Waals surface area contributed by atoms with Crippen LogP contribution in [0, 0.1) is 6.92 Å². The maximum Gasteiger partial charge on any atom is 0.340 e. The highest BCUT2D eigenvalue weighted by Gasteiger charge is 2.33. The molecule has 4 aromatic rings. The number of benzene rings is 2. The Labute approximate surface area is 211 Å². The summed E-state index contributed by atoms with van der Waals surface area (Å²) in [5.74, 6) is 0.0264. The molecular weight excluding hydrogens is 486 g/mol. The number of nitrogens with one attached hydrogen (secondary N) is 2. The first-order valence-electron chi connectivity index (χ1n) is 11.0. The molecule has 5 rings (SSSR count). The molecule has 1 atom stereocenters. The van der Waals surface area contributed by atoms with Crippen molar-refractivity contribution in [2.75, 3.05) is 19.0 Å². The molecule has 0 fully saturated rings. The van der Waals surface area contributed by atoms with Crippen LogP contribution in [-0.4, -0.2) is 30.6 Å². The summed E-state index contributed by atoms with van der Waals surface area (Å²) in [6.07, 6.45) is -0.471. The number of anilines is 1. The number of amides is 1. The Morgan fingerprint density at radius 1 is 1.11 bits per heavy atom. The van der Waals surface area contributed by atoms with Crippen molar-refractivity contribution in [3.05, 3.63) is 75.3 Å². The van der Waals surface area contributed by atoms with Gasteiger partial charge < -0.3 is 20.1 Å². The number of hydrogen-bond donors (Lipinski definition) is 2. The summed E-state index contributed by atoms with van der Waals surface area (Å²) in [4.78, 5) is 32.1. The number of methoxy groups -OCH3 is 1. The average Bonchev–Trinajstić information content (AvgIpc) is 3.22. The van der Waals surface area contributed by atoms with E-state index in [9.17, 15) is 9.59 Å². The quantitative estimate of drug-likeness (QED) is 0.324. The molecular formula is C26H22ClN3O4S. The van der Waals surface area contributed by atoms with Crippen LogP contribution in [0.15, 0.2) is 48.5 Å². The molecule has 0 spiro atoms. The number of nitrogens with zero attached hydrogens (tertiary/aromatic N) is 1. The van der Waals surface area contributed by atoms with Gasteiger partial charge in [0.2, 0.25) is 0 Å². The second-order valence-corrected chi connectivity index (χ2v) is 9.42. The Hall–Kier alpha value is -3.62. The molecule has 178 valence electrons. The van der Waals surface area contributed by atoms with E-state index in [4.69, 9.17) is 26.1 Å². The lowest BCUT2D eigenvalue weighted by molar-refractivity contribution is 0.0526. The predicted molar refractivity (Wildman–Crippen MR) is 138 cm³/mol. The molecule has 2 aromatic heterocycles. The molecule has 7 nitrogen and oxygen atoms in total. The number of pyridine rings is 1. The van der Waals surface area contributed by atoms with E-state index in [0.717, 1.165) is 11.1 Å². The minimum Gasteiger partial charge on any atom is -0.497 e. The van der Waals surface area contributed by atoms with E-state index in [2.05, 4.69) is 10.6 Å². The van der Waals surface area contributed by atoms with Crippen LogP contribution in [-0.2, 0) is 4.74 Å². The summed E-state index contributed by atoms with van der Waals surface area (Å²) in [6, 6.07) is 14.7. The van der Waals surface area contributed by atoms with Crippen LogP contribution >= 0.6 is 22.9 Å². The van der Waals surface area contributed by atoms with Crippen LogP contribution in [0.5, 0.6) is 5.75 Å². The Morgan fingerprint density at radius 3 is 2.49 bits per heavy atom. The number of esters is 1. The highest BCUT2D eigenvalue weighted by atomic mass is 35.5. The first kappa shape index (κ1) is 23.1. The molecule has 1 aliphatic rings. The zero-order chi connectivity index (χ0) is 24.7. The Bertz CT molecular complexity index is 1450. The molecule has 9 heteroatoms. The van der Waals surface area contributed by atoms with Gasteiger partial charge in [-0.3, -0.25) is 4.79 Å². The van der Waals surface area contributed by atoms with Gasteiger partial charge in [0.15, 0.2) is 0 Å². The molecule has 2 N–H and O–H groups in total. The van der Waals surface area contributed by atoms with Crippen LogP contribution in [0.25, 0.3) is 21.3 Å². The number of halogens is 1. The number of carbonyl (C=O) groups excluding carboxylic acids is 2. The van der Waals surface area contributed by atoms with Gasteiger partial charge in [-0.15, -0.1) is 11.3 Å². The molecule has 0 aliphatic carbocycles. The number of hydrogen-bond acceptors (Lipinski definition) is 7. The number of rotatable bonds is 5. The third-order valence-electron chi connectivity index (χ3n) is 5.85. The van der Waals surface area contributed by atoms with Crippen LogP contribution in [0.4, 0.5) is 5.69 Å². The zero-order valence-electron chi connectivity index (χ0n) is 19.3. The molecule has 1 aliphatic heterocycles. The number of thiophene rings is 1. The molecule has 1 unspecified atom stereocenters. The summed E-state index contributed by atoms with van der Waals surface area (Å²) in [5, 5.41) is 7.77. The third kappa shape index (κ3) is 4.09. The van der Waals surface area contributed by atoms with Crippen LogP contribution in [0.2, 0.25) is 5.02 Å². The second kappa shape index (κ2) is 9.20. The van der Waals surface area contributed by atoms with Gasteiger partial charge in [-0.2, -0.15) is 0 Å². The van der Waals surface area contributed by atoms with Crippen molar-refractivity contribution in [3.8, 4) is 16.9 Å². The first-order valence-corrected chi connectivity index (χ1v) is 12.2. The molecule has 1 amide bonds. The Kier molecular flexibility index (Phi) is 6.08. The van der Waals surface area contributed by atoms with E-state index in [0.29, 0.717) is 48.4 Å². The van der Waals surface area contributed by atoms with E-state index >= 15 is 0 Å². The van der Waals surface area contributed by atoms with Gasteiger partial charge in [-0.25, -0.2) is 9.78 Å². The van der Waals surface area contributed by atoms with Crippen LogP contribution in [0.3, 0.4) is 0 Å². The summed E-state index contributed by atoms with van der Waals surface area (Å²) >= 11 is 7.34. The molecule has 0 saturated heterocycles. The third-order valence-corrected chi connectivity index (χ3v) is 7.19. The minimum absolute atomic E-state index is 0.210. The summed E-state index contributed by atoms with van der Waals surface area (Å²) in [5.41, 5.74) is 3.86. The van der Waals surface area contributed by atoms with Gasteiger partial charge in [0, 0.05) is 16.0 Å². The van der Waals surface area contributed by atoms with Crippen molar-refractivity contribution in [1.29, 1.82) is 0 Å². The van der Waals surface area contributed by atoms with Crippen LogP contribution < -0.4 is 15.4 Å². The predicted octanol–water partition coefficient (Wildman–Crippen LogP) is 5.96. The maximum absolute atomic E-state index is 13.1. The van der Waals surface area contributed by atoms with Crippen molar-refractivity contribution < 1.29 is 19.1 Å². The largest absolute Gasteiger partial charge is 0.497 e. The summed E-state index contributed by atoms with van der Waals surface area (Å²) in [6.45, 7) is 3.78. The molecule has 3 heterocycles. The van der Waals surface area contributed by atoms with Crippen molar-refractivity contribution in [2.24, 2.45) is 0 Å². The molecule has 0 bridgehead atoms. The fourth-order valence-corrected chi connectivity index (χ4v) is 5.46. The van der Waals surface area contributed by atoms with E-state index < -0.39 is 12.1 Å². The molecule has 2 aromatic carbocycles. The second-order valence-electron chi connectivity index (χ2n) is 7.98. The average molecular weight is 508 g/mol. The normalized spacial score (nSPS) is 14.7. The van der Waals surface area contributed by atoms with Gasteiger partial charge in [-0.1, -0.05) is 35.9 Å². The van der Waals surface area contributed by atoms with Crippen molar-refractivity contribution in [1.82, 2.24) is 10.3 Å². The van der Waals surface area contributed by atoms with Crippen LogP contribution in [0.1, 0.15) is 44.4 Å². The van der Waals surface area contributed by atoms with Gasteiger partial charge in [-0.05, 0) is 49.2 Å². The first-order chi connectivity index (χ1) is 16.9. The fraction of sp³-hybridized carbons (Fsp3) is 0.192. The van der Waals surface area contributed by atoms with E-state index in [1.54, 1.807) is 33.1 Å². The fourth-order valence-electron chi connectivity index (χ4n) is 4.24. The highest BCUT2D eigenvalue weighted by molar-refractivity contribution is 7.21. The van der Waals surface area contributed by atoms with E-state index in [1.165, 1.54) is 11.3 Å². The summed E-state index contributed by atoms with van der Waals surface area (Å²) in [7, 11) is 1.60. The monoisotopic (exact) mass is 507 g/mol. The lowest BCUT2D eigenvalue weighted by atomic mass is 9.94. The van der Waals surface area contributed by atoms with E-state index in [1.807, 2.05) is 36.4 Å². The highest BCUT2D eigenvalue weighted by Crippen LogP contribution is 2.46. The minimum atomic E-state index is -0.471. The smallest absolute Gasteiger partial charge is 0.340 e. The Morgan fingerprint density at radius 2 is 1.83 bits per heavy atom. The maximum atomic E-state index is 13.1. The molecule has 0 radical (unpaired) electrons. The van der Waals surface area contributed by atoms with Crippen molar-refractivity contribution >= 4 is 50.7 Å². The van der Waals surface area contributed by atoms with Gasteiger partial charge in [0.05, 0.1) is 30.7 Å². The van der Waals surface area contributed by atoms with Gasteiger partial charge in [0.25, 0.3) is 5.91 Å². The Balaban J connectivity index is 1.76. The summed E-state index contributed by atoms with van der Waals surface area (Å²) < 4.78 is 10.7. The molecule has 35 heavy (non-hydrogen) atoms. The zero-order valence-corrected chi connectivity index (χ0v) is 20.8. The topological polar surface area (TPSA) is 89.6 Å². The van der Waals surface area contributed by atoms with Gasteiger partial charge in [0.1, 0.15) is 21.6 Å². The lowest BCUT2D eigenvalue weighted by Gasteiger charge is -2.27. The SMILES string of the molecule is CCOC(=O)c1c(C)nc2sc3c(c2c1-c1ccc(OC)cc1)NC(c1ccc(Cl)cc1)NC3=O. The molecule has 0 saturated carbocycles. The number of aromatic nitrogens is 1. The number of fused-ring (bicyclic) bond motifs is 3. The van der Waals surface area contributed by atoms with Crippen molar-refractivity contribution in [2.45, 2.75) is 20.0 Å². The lowest BCUT2D eigenvalue weighted by Crippen LogP contribution is -2.37. The number of carbonyl (C=O) groups is 2. The number of aryl methyl sites for hydroxylation is 1. The standard InChI is InChI=1S/C26H22ClN3O4S/c1-4-34-26(32)18-13(2)28-25-20(19(18)14-7-11-17(33-3)12-8-14)21-22(35-25)24(31)30-23(29-21)15-5-9-16(27)10-6-15/h5-12,23,29H,4H2,1-3H3,(H,30,31). The van der Waals surface area contributed by atoms with Gasteiger partial charge >= 0.3 is 5.97 Å². The number of ether oxygens (including phenoxy) is 2. The van der Waals surface area contributed by atoms with E-state index in [-0.39, 0.29) is 12.5 Å². The van der Waals surface area contributed by atoms with Crippen molar-refractivity contribution in [3.63, 3.8) is 0 Å².